The van der Waals surface area contributed by atoms with Crippen molar-refractivity contribution in [3.05, 3.63) is 29.6 Å². The van der Waals surface area contributed by atoms with Crippen molar-refractivity contribution < 1.29 is 17.9 Å². The quantitative estimate of drug-likeness (QED) is 0.895. The molecular weight excluding hydrogens is 269 g/mol. The van der Waals surface area contributed by atoms with Crippen LogP contribution < -0.4 is 0 Å². The molecule has 2 unspecified atom stereocenters. The minimum atomic E-state index is -3.61. The summed E-state index contributed by atoms with van der Waals surface area (Å²) in [6.07, 6.45) is 1.05. The molecule has 4 nitrogen and oxygen atoms in total. The van der Waals surface area contributed by atoms with E-state index in [1.807, 2.05) is 0 Å². The van der Waals surface area contributed by atoms with Crippen LogP contribution in [0.3, 0.4) is 0 Å². The number of hydrogen-bond acceptors (Lipinski definition) is 3. The molecule has 0 aromatic heterocycles. The van der Waals surface area contributed by atoms with E-state index in [4.69, 9.17) is 5.11 Å². The Hall–Kier alpha value is -0.980. The minimum absolute atomic E-state index is 0.00531. The highest BCUT2D eigenvalue weighted by Gasteiger charge is 2.36. The summed E-state index contributed by atoms with van der Waals surface area (Å²) >= 11 is 0. The van der Waals surface area contributed by atoms with Crippen molar-refractivity contribution in [2.24, 2.45) is 11.8 Å². The molecule has 106 valence electrons. The van der Waals surface area contributed by atoms with Gasteiger partial charge < -0.3 is 5.11 Å². The van der Waals surface area contributed by atoms with Crippen molar-refractivity contribution in [1.82, 2.24) is 4.31 Å². The summed E-state index contributed by atoms with van der Waals surface area (Å²) in [5, 5.41) is 8.99. The molecule has 0 spiro atoms. The lowest BCUT2D eigenvalue weighted by atomic mass is 10.2. The molecule has 1 aromatic rings. The molecule has 0 aliphatic heterocycles. The first kappa shape index (κ1) is 14.4. The average Bonchev–Trinajstić information content (AvgIpc) is 3.05. The smallest absolute Gasteiger partial charge is 0.242 e. The molecule has 0 amide bonds. The van der Waals surface area contributed by atoms with Gasteiger partial charge in [-0.15, -0.1) is 0 Å². The van der Waals surface area contributed by atoms with Crippen molar-refractivity contribution >= 4 is 10.0 Å². The summed E-state index contributed by atoms with van der Waals surface area (Å²) < 4.78 is 39.2. The van der Waals surface area contributed by atoms with Crippen LogP contribution in [0.25, 0.3) is 0 Å². The van der Waals surface area contributed by atoms with Crippen molar-refractivity contribution in [3.63, 3.8) is 0 Å². The highest BCUT2D eigenvalue weighted by Crippen LogP contribution is 2.38. The van der Waals surface area contributed by atoms with E-state index in [0.717, 1.165) is 12.5 Å². The standard InChI is InChI=1S/C13H18FNO3S/c1-9-5-10(9)7-15(2)19(17,18)12-3-4-13(14)11(6-12)8-16/h3-4,6,9-10,16H,5,7-8H2,1-2H3. The van der Waals surface area contributed by atoms with Gasteiger partial charge in [0, 0.05) is 19.2 Å². The first-order valence-corrected chi connectivity index (χ1v) is 7.66. The summed E-state index contributed by atoms with van der Waals surface area (Å²) in [7, 11) is -2.08. The molecule has 2 rings (SSSR count). The normalized spacial score (nSPS) is 22.8. The van der Waals surface area contributed by atoms with Gasteiger partial charge in [-0.1, -0.05) is 6.92 Å². The maximum Gasteiger partial charge on any atom is 0.242 e. The van der Waals surface area contributed by atoms with E-state index in [-0.39, 0.29) is 10.5 Å². The summed E-state index contributed by atoms with van der Waals surface area (Å²) in [6.45, 7) is 2.06. The molecule has 0 heterocycles. The number of nitrogens with zero attached hydrogens (tertiary/aromatic N) is 1. The van der Waals surface area contributed by atoms with Gasteiger partial charge in [0.25, 0.3) is 0 Å². The molecule has 1 N–H and O–H groups in total. The Morgan fingerprint density at radius 1 is 1.47 bits per heavy atom. The second kappa shape index (κ2) is 5.19. The number of sulfonamides is 1. The minimum Gasteiger partial charge on any atom is -0.392 e. The number of aliphatic hydroxyl groups is 1. The Morgan fingerprint density at radius 3 is 2.63 bits per heavy atom. The summed E-state index contributed by atoms with van der Waals surface area (Å²) in [6, 6.07) is 3.50. The molecule has 0 saturated heterocycles. The highest BCUT2D eigenvalue weighted by atomic mass is 32.2. The highest BCUT2D eigenvalue weighted by molar-refractivity contribution is 7.89. The molecule has 0 bridgehead atoms. The van der Waals surface area contributed by atoms with Gasteiger partial charge >= 0.3 is 0 Å². The lowest BCUT2D eigenvalue weighted by Gasteiger charge is -2.17. The monoisotopic (exact) mass is 287 g/mol. The molecule has 2 atom stereocenters. The van der Waals surface area contributed by atoms with Gasteiger partial charge in [-0.2, -0.15) is 0 Å². The first-order chi connectivity index (χ1) is 8.86. The van der Waals surface area contributed by atoms with E-state index in [1.54, 1.807) is 0 Å². The third kappa shape index (κ3) is 2.96. The number of hydrogen-bond donors (Lipinski definition) is 1. The van der Waals surface area contributed by atoms with Crippen molar-refractivity contribution in [2.45, 2.75) is 24.8 Å². The van der Waals surface area contributed by atoms with Gasteiger partial charge in [-0.3, -0.25) is 0 Å². The lowest BCUT2D eigenvalue weighted by Crippen LogP contribution is -2.29. The topological polar surface area (TPSA) is 57.6 Å². The van der Waals surface area contributed by atoms with Crippen LogP contribution >= 0.6 is 0 Å². The second-order valence-corrected chi connectivity index (χ2v) is 7.21. The molecule has 1 fully saturated rings. The van der Waals surface area contributed by atoms with Crippen LogP contribution in [0.15, 0.2) is 23.1 Å². The number of rotatable bonds is 5. The lowest BCUT2D eigenvalue weighted by molar-refractivity contribution is 0.275. The number of benzene rings is 1. The van der Waals surface area contributed by atoms with Crippen LogP contribution in [-0.4, -0.2) is 31.4 Å². The van der Waals surface area contributed by atoms with Crippen molar-refractivity contribution in [2.75, 3.05) is 13.6 Å². The summed E-state index contributed by atoms with van der Waals surface area (Å²) in [5.74, 6) is 0.385. The zero-order chi connectivity index (χ0) is 14.2. The molecule has 0 radical (unpaired) electrons. The van der Waals surface area contributed by atoms with E-state index >= 15 is 0 Å². The van der Waals surface area contributed by atoms with Crippen LogP contribution in [0.1, 0.15) is 18.9 Å². The van der Waals surface area contributed by atoms with E-state index < -0.39 is 22.4 Å². The summed E-state index contributed by atoms with van der Waals surface area (Å²) in [5.41, 5.74) is -0.00531. The fraction of sp³-hybridized carbons (Fsp3) is 0.538. The third-order valence-corrected chi connectivity index (χ3v) is 5.48. The van der Waals surface area contributed by atoms with Gasteiger partial charge in [0.1, 0.15) is 5.82 Å². The molecular formula is C13H18FNO3S. The second-order valence-electron chi connectivity index (χ2n) is 5.17. The molecule has 19 heavy (non-hydrogen) atoms. The van der Waals surface area contributed by atoms with Crippen molar-refractivity contribution in [3.8, 4) is 0 Å². The fourth-order valence-corrected chi connectivity index (χ4v) is 3.37. The van der Waals surface area contributed by atoms with E-state index in [2.05, 4.69) is 6.92 Å². The summed E-state index contributed by atoms with van der Waals surface area (Å²) in [4.78, 5) is 0.0220. The fourth-order valence-electron chi connectivity index (χ4n) is 2.09. The Morgan fingerprint density at radius 2 is 2.11 bits per heavy atom. The zero-order valence-electron chi connectivity index (χ0n) is 11.0. The largest absolute Gasteiger partial charge is 0.392 e. The van der Waals surface area contributed by atoms with Crippen LogP contribution in [0.2, 0.25) is 0 Å². The Balaban J connectivity index is 2.23. The van der Waals surface area contributed by atoms with Crippen LogP contribution in [0.4, 0.5) is 4.39 Å². The SMILES string of the molecule is CC1CC1CN(C)S(=O)(=O)c1ccc(F)c(CO)c1. The van der Waals surface area contributed by atoms with Crippen LogP contribution in [0.5, 0.6) is 0 Å². The van der Waals surface area contributed by atoms with Crippen LogP contribution in [-0.2, 0) is 16.6 Å². The predicted octanol–water partition coefficient (Wildman–Crippen LogP) is 1.59. The van der Waals surface area contributed by atoms with E-state index in [1.165, 1.54) is 23.5 Å². The maximum atomic E-state index is 13.3. The van der Waals surface area contributed by atoms with Gasteiger partial charge in [-0.25, -0.2) is 17.1 Å². The maximum absolute atomic E-state index is 13.3. The van der Waals surface area contributed by atoms with Gasteiger partial charge in [0.05, 0.1) is 11.5 Å². The number of halogens is 1. The predicted molar refractivity (Wildman–Crippen MR) is 69.4 cm³/mol. The third-order valence-electron chi connectivity index (χ3n) is 3.66. The molecule has 1 aliphatic carbocycles. The van der Waals surface area contributed by atoms with Gasteiger partial charge in [-0.05, 0) is 36.5 Å². The van der Waals surface area contributed by atoms with Gasteiger partial charge in [0.2, 0.25) is 10.0 Å². The van der Waals surface area contributed by atoms with E-state index in [9.17, 15) is 12.8 Å². The van der Waals surface area contributed by atoms with Crippen molar-refractivity contribution in [1.29, 1.82) is 0 Å². The zero-order valence-corrected chi connectivity index (χ0v) is 11.8. The van der Waals surface area contributed by atoms with Crippen LogP contribution in [0, 0.1) is 17.7 Å². The average molecular weight is 287 g/mol. The number of aliphatic hydroxyl groups excluding tert-OH is 1. The van der Waals surface area contributed by atoms with E-state index in [0.29, 0.717) is 18.4 Å². The Kier molecular flexibility index (Phi) is 3.94. The molecule has 1 aliphatic rings. The molecule has 1 saturated carbocycles. The Bertz CT molecular complexity index is 573. The Labute approximate surface area is 112 Å². The van der Waals surface area contributed by atoms with Gasteiger partial charge in [0.15, 0.2) is 0 Å². The molecule has 1 aromatic carbocycles. The first-order valence-electron chi connectivity index (χ1n) is 6.22. The molecule has 6 heteroatoms.